The standard InChI is InChI=1S/C12H22BrNO/c1-8(2)9(3)12(15)14-11-7-5-4-6-10(11)13/h8-11H,4-7H2,1-3H3,(H,14,15). The second kappa shape index (κ2) is 5.88. The van der Waals surface area contributed by atoms with Crippen LogP contribution in [0.3, 0.4) is 0 Å². The van der Waals surface area contributed by atoms with Crippen molar-refractivity contribution in [2.45, 2.75) is 57.3 Å². The Morgan fingerprint density at radius 2 is 1.87 bits per heavy atom. The molecule has 0 heterocycles. The summed E-state index contributed by atoms with van der Waals surface area (Å²) in [5.41, 5.74) is 0. The van der Waals surface area contributed by atoms with Crippen molar-refractivity contribution >= 4 is 21.8 Å². The maximum Gasteiger partial charge on any atom is 0.223 e. The van der Waals surface area contributed by atoms with Crippen LogP contribution in [0.25, 0.3) is 0 Å². The van der Waals surface area contributed by atoms with Gasteiger partial charge in [-0.15, -0.1) is 0 Å². The summed E-state index contributed by atoms with van der Waals surface area (Å²) in [4.78, 5) is 12.3. The third-order valence-corrected chi connectivity index (χ3v) is 4.52. The van der Waals surface area contributed by atoms with Crippen LogP contribution in [0, 0.1) is 11.8 Å². The predicted octanol–water partition coefficient (Wildman–Crippen LogP) is 3.10. The van der Waals surface area contributed by atoms with Crippen LogP contribution < -0.4 is 5.32 Å². The predicted molar refractivity (Wildman–Crippen MR) is 67.1 cm³/mol. The van der Waals surface area contributed by atoms with Gasteiger partial charge < -0.3 is 5.32 Å². The van der Waals surface area contributed by atoms with Crippen molar-refractivity contribution in [3.8, 4) is 0 Å². The van der Waals surface area contributed by atoms with Crippen LogP contribution in [0.5, 0.6) is 0 Å². The summed E-state index contributed by atoms with van der Waals surface area (Å²) < 4.78 is 0. The fourth-order valence-corrected chi connectivity index (χ4v) is 2.59. The topological polar surface area (TPSA) is 29.1 Å². The largest absolute Gasteiger partial charge is 0.352 e. The number of hydrogen-bond donors (Lipinski definition) is 1. The Kier molecular flexibility index (Phi) is 5.10. The summed E-state index contributed by atoms with van der Waals surface area (Å²) in [7, 11) is 0. The molecule has 1 N–H and O–H groups in total. The minimum atomic E-state index is 0.117. The molecule has 0 radical (unpaired) electrons. The normalized spacial score (nSPS) is 28.9. The zero-order chi connectivity index (χ0) is 11.4. The molecular formula is C12H22BrNO. The van der Waals surface area contributed by atoms with Crippen LogP contribution >= 0.6 is 15.9 Å². The molecule has 2 nitrogen and oxygen atoms in total. The van der Waals surface area contributed by atoms with E-state index in [9.17, 15) is 4.79 Å². The molecule has 3 heteroatoms. The van der Waals surface area contributed by atoms with Crippen LogP contribution in [-0.4, -0.2) is 16.8 Å². The summed E-state index contributed by atoms with van der Waals surface area (Å²) in [6, 6.07) is 0.340. The van der Waals surface area contributed by atoms with E-state index in [1.165, 1.54) is 19.3 Å². The molecule has 3 atom stereocenters. The van der Waals surface area contributed by atoms with Crippen LogP contribution in [0.1, 0.15) is 46.5 Å². The molecule has 1 aliphatic carbocycles. The Morgan fingerprint density at radius 3 is 2.40 bits per heavy atom. The Morgan fingerprint density at radius 1 is 1.27 bits per heavy atom. The lowest BCUT2D eigenvalue weighted by atomic mass is 9.93. The Hall–Kier alpha value is -0.0500. The summed E-state index contributed by atoms with van der Waals surface area (Å²) in [5, 5.41) is 3.16. The molecule has 0 aromatic rings. The van der Waals surface area contributed by atoms with Gasteiger partial charge in [0.15, 0.2) is 0 Å². The van der Waals surface area contributed by atoms with Crippen molar-refractivity contribution in [2.24, 2.45) is 11.8 Å². The lowest BCUT2D eigenvalue weighted by Crippen LogP contribution is -2.45. The van der Waals surface area contributed by atoms with E-state index in [0.29, 0.717) is 16.8 Å². The van der Waals surface area contributed by atoms with Crippen molar-refractivity contribution in [3.63, 3.8) is 0 Å². The van der Waals surface area contributed by atoms with Gasteiger partial charge in [-0.1, -0.05) is 49.5 Å². The van der Waals surface area contributed by atoms with Crippen molar-refractivity contribution in [1.82, 2.24) is 5.32 Å². The van der Waals surface area contributed by atoms with Gasteiger partial charge in [-0.25, -0.2) is 0 Å². The average Bonchev–Trinajstić information content (AvgIpc) is 2.20. The molecule has 3 unspecified atom stereocenters. The van der Waals surface area contributed by atoms with Gasteiger partial charge in [0.05, 0.1) is 0 Å². The van der Waals surface area contributed by atoms with E-state index in [4.69, 9.17) is 0 Å². The molecular weight excluding hydrogens is 254 g/mol. The Labute approximate surface area is 101 Å². The first-order valence-electron chi connectivity index (χ1n) is 5.96. The van der Waals surface area contributed by atoms with E-state index in [0.717, 1.165) is 6.42 Å². The highest BCUT2D eigenvalue weighted by molar-refractivity contribution is 9.09. The molecule has 1 saturated carbocycles. The second-order valence-electron chi connectivity index (χ2n) is 4.95. The van der Waals surface area contributed by atoms with Gasteiger partial charge in [0.2, 0.25) is 5.91 Å². The molecule has 1 amide bonds. The maximum absolute atomic E-state index is 11.9. The van der Waals surface area contributed by atoms with Crippen molar-refractivity contribution in [1.29, 1.82) is 0 Å². The molecule has 0 aromatic heterocycles. The fourth-order valence-electron chi connectivity index (χ4n) is 1.87. The first-order valence-corrected chi connectivity index (χ1v) is 6.88. The number of alkyl halides is 1. The van der Waals surface area contributed by atoms with Crippen LogP contribution in [0.2, 0.25) is 0 Å². The highest BCUT2D eigenvalue weighted by atomic mass is 79.9. The molecule has 15 heavy (non-hydrogen) atoms. The quantitative estimate of drug-likeness (QED) is 0.788. The Balaban J connectivity index is 2.42. The van der Waals surface area contributed by atoms with E-state index < -0.39 is 0 Å². The highest BCUT2D eigenvalue weighted by Crippen LogP contribution is 2.25. The third kappa shape index (κ3) is 3.78. The van der Waals surface area contributed by atoms with Gasteiger partial charge in [0.25, 0.3) is 0 Å². The van der Waals surface area contributed by atoms with Gasteiger partial charge >= 0.3 is 0 Å². The van der Waals surface area contributed by atoms with Crippen molar-refractivity contribution in [3.05, 3.63) is 0 Å². The Bertz CT molecular complexity index is 218. The van der Waals surface area contributed by atoms with Crippen molar-refractivity contribution < 1.29 is 4.79 Å². The van der Waals surface area contributed by atoms with E-state index in [1.54, 1.807) is 0 Å². The van der Waals surface area contributed by atoms with Crippen LogP contribution in [-0.2, 0) is 4.79 Å². The minimum Gasteiger partial charge on any atom is -0.352 e. The van der Waals surface area contributed by atoms with Crippen molar-refractivity contribution in [2.75, 3.05) is 0 Å². The summed E-state index contributed by atoms with van der Waals surface area (Å²) in [5.74, 6) is 0.746. The van der Waals surface area contributed by atoms with E-state index in [2.05, 4.69) is 35.1 Å². The van der Waals surface area contributed by atoms with E-state index in [1.807, 2.05) is 6.92 Å². The van der Waals surface area contributed by atoms with Gasteiger partial charge in [-0.05, 0) is 18.8 Å². The molecule has 0 spiro atoms. The van der Waals surface area contributed by atoms with E-state index in [-0.39, 0.29) is 11.8 Å². The third-order valence-electron chi connectivity index (χ3n) is 3.42. The zero-order valence-electron chi connectivity index (χ0n) is 9.92. The molecule has 88 valence electrons. The van der Waals surface area contributed by atoms with Gasteiger partial charge in [-0.2, -0.15) is 0 Å². The number of amides is 1. The molecule has 1 rings (SSSR count). The lowest BCUT2D eigenvalue weighted by molar-refractivity contribution is -0.126. The van der Waals surface area contributed by atoms with Gasteiger partial charge in [0, 0.05) is 16.8 Å². The molecule has 0 aliphatic heterocycles. The van der Waals surface area contributed by atoms with E-state index >= 15 is 0 Å². The number of halogens is 1. The first-order chi connectivity index (χ1) is 7.02. The number of nitrogens with one attached hydrogen (secondary N) is 1. The molecule has 1 aliphatic rings. The van der Waals surface area contributed by atoms with Crippen LogP contribution in [0.15, 0.2) is 0 Å². The molecule has 0 bridgehead atoms. The molecule has 0 saturated heterocycles. The summed E-state index contributed by atoms with van der Waals surface area (Å²) in [6.07, 6.45) is 4.82. The second-order valence-corrected chi connectivity index (χ2v) is 6.12. The first kappa shape index (κ1) is 13.0. The fraction of sp³-hybridized carbons (Fsp3) is 0.917. The SMILES string of the molecule is CC(C)C(C)C(=O)NC1CCCCC1Br. The molecule has 1 fully saturated rings. The number of rotatable bonds is 3. The van der Waals surface area contributed by atoms with Gasteiger partial charge in [-0.3, -0.25) is 4.79 Å². The number of carbonyl (C=O) groups is 1. The summed E-state index contributed by atoms with van der Waals surface area (Å²) >= 11 is 3.65. The zero-order valence-corrected chi connectivity index (χ0v) is 11.5. The average molecular weight is 276 g/mol. The monoisotopic (exact) mass is 275 g/mol. The van der Waals surface area contributed by atoms with Gasteiger partial charge in [0.1, 0.15) is 0 Å². The van der Waals surface area contributed by atoms with Crippen LogP contribution in [0.4, 0.5) is 0 Å². The smallest absolute Gasteiger partial charge is 0.223 e. The summed E-state index contributed by atoms with van der Waals surface area (Å²) in [6.45, 7) is 6.19. The minimum absolute atomic E-state index is 0.117. The lowest BCUT2D eigenvalue weighted by Gasteiger charge is -2.29. The highest BCUT2D eigenvalue weighted by Gasteiger charge is 2.26. The number of carbonyl (C=O) groups excluding carboxylic acids is 1. The maximum atomic E-state index is 11.9. The number of hydrogen-bond acceptors (Lipinski definition) is 1. The molecule has 0 aromatic carbocycles.